The van der Waals surface area contributed by atoms with Crippen LogP contribution in [0.5, 0.6) is 11.5 Å². The number of methoxy groups -OCH3 is 2. The zero-order valence-electron chi connectivity index (χ0n) is 16.1. The van der Waals surface area contributed by atoms with Crippen LogP contribution in [0.1, 0.15) is 11.3 Å². The molecular weight excluding hydrogens is 403 g/mol. The maximum atomic E-state index is 13.2. The van der Waals surface area contributed by atoms with E-state index in [-0.39, 0.29) is 17.6 Å². The van der Waals surface area contributed by atoms with E-state index in [1.54, 1.807) is 24.3 Å². The number of nitrogens with zero attached hydrogens (tertiary/aromatic N) is 2. The Labute approximate surface area is 169 Å². The molecule has 2 aromatic carbocycles. The number of carbonyl (C=O) groups excluding carboxylic acids is 1. The smallest absolute Gasteiger partial charge is 0.438 e. The number of nitrogens with one attached hydrogen (secondary N) is 1. The normalized spacial score (nSPS) is 11.4. The quantitative estimate of drug-likeness (QED) is 0.662. The molecule has 0 bridgehead atoms. The zero-order chi connectivity index (χ0) is 21.9. The number of hydrogen-bond donors (Lipinski definition) is 1. The highest BCUT2D eigenvalue weighted by molar-refractivity contribution is 5.80. The van der Waals surface area contributed by atoms with Gasteiger partial charge in [0.15, 0.2) is 11.5 Å². The lowest BCUT2D eigenvalue weighted by molar-refractivity contribution is -0.142. The van der Waals surface area contributed by atoms with E-state index in [9.17, 15) is 22.8 Å². The summed E-state index contributed by atoms with van der Waals surface area (Å²) < 4.78 is 50.7. The first kappa shape index (κ1) is 21.2. The Morgan fingerprint density at radius 1 is 1.10 bits per heavy atom. The highest BCUT2D eigenvalue weighted by atomic mass is 19.4. The second-order valence-electron chi connectivity index (χ2n) is 6.30. The molecular formula is C20H18F3N3O4. The Kier molecular flexibility index (Phi) is 5.95. The molecule has 0 spiro atoms. The molecule has 3 rings (SSSR count). The molecule has 158 valence electrons. The molecule has 0 aliphatic heterocycles. The minimum Gasteiger partial charge on any atom is -0.493 e. The number of amides is 1. The maximum absolute atomic E-state index is 13.2. The Hall–Kier alpha value is -3.56. The lowest BCUT2D eigenvalue weighted by atomic mass is 10.2. The van der Waals surface area contributed by atoms with Gasteiger partial charge in [0, 0.05) is 6.54 Å². The molecule has 7 nitrogen and oxygen atoms in total. The highest BCUT2D eigenvalue weighted by Crippen LogP contribution is 2.28. The zero-order valence-corrected chi connectivity index (χ0v) is 16.1. The van der Waals surface area contributed by atoms with Crippen molar-refractivity contribution in [2.24, 2.45) is 0 Å². The molecule has 1 heterocycles. The summed E-state index contributed by atoms with van der Waals surface area (Å²) in [5.41, 5.74) is -2.14. The van der Waals surface area contributed by atoms with Gasteiger partial charge in [-0.2, -0.15) is 13.2 Å². The fourth-order valence-electron chi connectivity index (χ4n) is 2.92. The fourth-order valence-corrected chi connectivity index (χ4v) is 2.92. The van der Waals surface area contributed by atoms with E-state index in [0.717, 1.165) is 4.57 Å². The van der Waals surface area contributed by atoms with Crippen molar-refractivity contribution < 1.29 is 27.4 Å². The van der Waals surface area contributed by atoms with Crippen LogP contribution in [0.4, 0.5) is 13.2 Å². The van der Waals surface area contributed by atoms with Crippen LogP contribution in [0.15, 0.2) is 47.3 Å². The summed E-state index contributed by atoms with van der Waals surface area (Å²) in [6.45, 7) is -0.499. The summed E-state index contributed by atoms with van der Waals surface area (Å²) in [6.07, 6.45) is -4.93. The van der Waals surface area contributed by atoms with E-state index in [0.29, 0.717) is 17.1 Å². The predicted molar refractivity (Wildman–Crippen MR) is 102 cm³/mol. The summed E-state index contributed by atoms with van der Waals surface area (Å²) >= 11 is 0. The second-order valence-corrected chi connectivity index (χ2v) is 6.30. The molecule has 0 saturated carbocycles. The third-order valence-corrected chi connectivity index (χ3v) is 4.36. The summed E-state index contributed by atoms with van der Waals surface area (Å²) in [7, 11) is 2.96. The molecule has 0 aliphatic rings. The highest BCUT2D eigenvalue weighted by Gasteiger charge is 2.37. The van der Waals surface area contributed by atoms with Crippen LogP contribution in [-0.2, 0) is 24.1 Å². The average molecular weight is 421 g/mol. The Balaban J connectivity index is 1.85. The van der Waals surface area contributed by atoms with Crippen molar-refractivity contribution in [1.82, 2.24) is 14.9 Å². The molecule has 1 amide bonds. The van der Waals surface area contributed by atoms with E-state index in [4.69, 9.17) is 9.47 Å². The van der Waals surface area contributed by atoms with Gasteiger partial charge in [-0.1, -0.05) is 18.2 Å². The number of halogens is 3. The molecule has 0 unspecified atom stereocenters. The van der Waals surface area contributed by atoms with Crippen LogP contribution in [0.2, 0.25) is 0 Å². The van der Waals surface area contributed by atoms with Crippen molar-refractivity contribution >= 4 is 16.9 Å². The van der Waals surface area contributed by atoms with Gasteiger partial charge in [0.1, 0.15) is 6.54 Å². The Bertz CT molecular complexity index is 1140. The molecule has 0 radical (unpaired) electrons. The molecule has 1 N–H and O–H groups in total. The van der Waals surface area contributed by atoms with Crippen molar-refractivity contribution in [2.75, 3.05) is 14.2 Å². The van der Waals surface area contributed by atoms with Crippen molar-refractivity contribution in [3.63, 3.8) is 0 Å². The number of fused-ring (bicyclic) bond motifs is 1. The van der Waals surface area contributed by atoms with Crippen molar-refractivity contribution in [2.45, 2.75) is 19.3 Å². The number of aromatic nitrogens is 2. The maximum Gasteiger partial charge on any atom is 0.438 e. The third kappa shape index (κ3) is 4.37. The van der Waals surface area contributed by atoms with Crippen LogP contribution in [0.25, 0.3) is 11.0 Å². The fraction of sp³-hybridized carbons (Fsp3) is 0.250. The van der Waals surface area contributed by atoms with Crippen LogP contribution >= 0.6 is 0 Å². The lowest BCUT2D eigenvalue weighted by Gasteiger charge is -2.14. The number of para-hydroxylation sites is 2. The molecule has 0 fully saturated rings. The number of rotatable bonds is 6. The first-order valence-corrected chi connectivity index (χ1v) is 8.79. The van der Waals surface area contributed by atoms with Crippen molar-refractivity contribution in [3.8, 4) is 11.5 Å². The lowest BCUT2D eigenvalue weighted by Crippen LogP contribution is -2.36. The number of carbonyl (C=O) groups is 1. The van der Waals surface area contributed by atoms with E-state index in [1.165, 1.54) is 32.4 Å². The van der Waals surface area contributed by atoms with Gasteiger partial charge >= 0.3 is 6.18 Å². The van der Waals surface area contributed by atoms with E-state index < -0.39 is 29.9 Å². The summed E-state index contributed by atoms with van der Waals surface area (Å²) in [4.78, 5) is 28.2. The van der Waals surface area contributed by atoms with Crippen LogP contribution in [0.3, 0.4) is 0 Å². The first-order valence-electron chi connectivity index (χ1n) is 8.79. The van der Waals surface area contributed by atoms with E-state index in [2.05, 4.69) is 10.3 Å². The third-order valence-electron chi connectivity index (χ3n) is 4.36. The second kappa shape index (κ2) is 8.44. The van der Waals surface area contributed by atoms with Crippen molar-refractivity contribution in [1.29, 1.82) is 0 Å². The topological polar surface area (TPSA) is 82.5 Å². The molecule has 1 aromatic heterocycles. The van der Waals surface area contributed by atoms with E-state index >= 15 is 0 Å². The molecule has 3 aromatic rings. The molecule has 0 aliphatic carbocycles. The van der Waals surface area contributed by atoms with Gasteiger partial charge in [-0.25, -0.2) is 4.98 Å². The van der Waals surface area contributed by atoms with Gasteiger partial charge in [0.2, 0.25) is 11.6 Å². The number of hydrogen-bond acceptors (Lipinski definition) is 5. The Morgan fingerprint density at radius 3 is 2.47 bits per heavy atom. The van der Waals surface area contributed by atoms with Gasteiger partial charge in [-0.05, 0) is 29.8 Å². The van der Waals surface area contributed by atoms with E-state index in [1.807, 2.05) is 0 Å². The first-order chi connectivity index (χ1) is 14.2. The molecule has 10 heteroatoms. The standard InChI is InChI=1S/C20H18F3N3O4/c1-29-15-8-7-12(9-16(15)30-2)10-24-17(27)11-26-14-6-4-3-5-13(14)25-18(19(26)28)20(21,22)23/h3-9H,10-11H2,1-2H3,(H,24,27). The van der Waals surface area contributed by atoms with Crippen LogP contribution < -0.4 is 20.3 Å². The minimum absolute atomic E-state index is 0.0304. The summed E-state index contributed by atoms with van der Waals surface area (Å²) in [5, 5.41) is 2.59. The minimum atomic E-state index is -4.93. The van der Waals surface area contributed by atoms with Gasteiger partial charge in [-0.15, -0.1) is 0 Å². The number of ether oxygens (including phenoxy) is 2. The SMILES string of the molecule is COc1ccc(CNC(=O)Cn2c(=O)c(C(F)(F)F)nc3ccccc32)cc1OC. The molecule has 30 heavy (non-hydrogen) atoms. The van der Waals surface area contributed by atoms with Gasteiger partial charge < -0.3 is 14.8 Å². The largest absolute Gasteiger partial charge is 0.493 e. The molecule has 0 atom stereocenters. The average Bonchev–Trinajstić information content (AvgIpc) is 2.73. The monoisotopic (exact) mass is 421 g/mol. The van der Waals surface area contributed by atoms with Crippen molar-refractivity contribution in [3.05, 3.63) is 64.1 Å². The van der Waals surface area contributed by atoms with Gasteiger partial charge in [-0.3, -0.25) is 14.2 Å². The van der Waals surface area contributed by atoms with Gasteiger partial charge in [0.25, 0.3) is 5.56 Å². The summed E-state index contributed by atoms with van der Waals surface area (Å²) in [6, 6.07) is 10.9. The number of benzene rings is 2. The van der Waals surface area contributed by atoms with Gasteiger partial charge in [0.05, 0.1) is 25.3 Å². The number of alkyl halides is 3. The molecule has 0 saturated heterocycles. The Morgan fingerprint density at radius 2 is 1.80 bits per heavy atom. The summed E-state index contributed by atoms with van der Waals surface area (Å²) in [5.74, 6) is 0.355. The van der Waals surface area contributed by atoms with Crippen LogP contribution in [0, 0.1) is 0 Å². The predicted octanol–water partition coefficient (Wildman–Crippen LogP) is 2.75. The van der Waals surface area contributed by atoms with Crippen LogP contribution in [-0.4, -0.2) is 29.7 Å².